The number of aromatic nitrogens is 3. The van der Waals surface area contributed by atoms with Gasteiger partial charge in [-0.05, 0) is 12.8 Å². The number of carbonyl (C=O) groups is 1. The quantitative estimate of drug-likeness (QED) is 0.708. The maximum Gasteiger partial charge on any atom is 0.291 e. The zero-order valence-corrected chi connectivity index (χ0v) is 9.99. The number of nitrogens with one attached hydrogen (secondary N) is 2. The van der Waals surface area contributed by atoms with Gasteiger partial charge in [-0.2, -0.15) is 0 Å². The van der Waals surface area contributed by atoms with Crippen LogP contribution in [0.2, 0.25) is 0 Å². The van der Waals surface area contributed by atoms with Crippen LogP contribution in [-0.2, 0) is 6.42 Å². The molecule has 1 aromatic rings. The van der Waals surface area contributed by atoms with Crippen molar-refractivity contribution < 1.29 is 9.90 Å². The predicted molar refractivity (Wildman–Crippen MR) is 61.5 cm³/mol. The van der Waals surface area contributed by atoms with Gasteiger partial charge in [0.15, 0.2) is 0 Å². The van der Waals surface area contributed by atoms with Gasteiger partial charge in [-0.15, -0.1) is 5.10 Å². The molecule has 0 aliphatic heterocycles. The molecule has 3 N–H and O–H groups in total. The molecule has 94 valence electrons. The highest BCUT2D eigenvalue weighted by Crippen LogP contribution is 2.28. The summed E-state index contributed by atoms with van der Waals surface area (Å²) < 4.78 is 0. The molecule has 17 heavy (non-hydrogen) atoms. The smallest absolute Gasteiger partial charge is 0.291 e. The number of amides is 1. The second-order valence-corrected chi connectivity index (χ2v) is 4.57. The molecule has 0 unspecified atom stereocenters. The van der Waals surface area contributed by atoms with Crippen LogP contribution >= 0.6 is 0 Å². The Labute approximate surface area is 99.8 Å². The lowest BCUT2D eigenvalue weighted by molar-refractivity contribution is 0.0447. The second kappa shape index (κ2) is 4.83. The third-order valence-corrected chi connectivity index (χ3v) is 3.18. The maximum atomic E-state index is 11.7. The van der Waals surface area contributed by atoms with Crippen molar-refractivity contribution in [1.29, 1.82) is 0 Å². The Hall–Kier alpha value is -1.43. The third-order valence-electron chi connectivity index (χ3n) is 3.18. The number of aromatic amines is 1. The van der Waals surface area contributed by atoms with Gasteiger partial charge < -0.3 is 10.4 Å². The van der Waals surface area contributed by atoms with Crippen LogP contribution in [0.15, 0.2) is 0 Å². The average Bonchev–Trinajstić information content (AvgIpc) is 2.95. The summed E-state index contributed by atoms with van der Waals surface area (Å²) >= 11 is 0. The summed E-state index contributed by atoms with van der Waals surface area (Å²) in [6.07, 6.45) is 4.26. The first-order valence-electron chi connectivity index (χ1n) is 6.05. The van der Waals surface area contributed by atoms with Crippen molar-refractivity contribution in [1.82, 2.24) is 20.5 Å². The van der Waals surface area contributed by atoms with E-state index in [1.807, 2.05) is 6.92 Å². The van der Waals surface area contributed by atoms with E-state index in [9.17, 15) is 9.90 Å². The molecule has 0 radical (unpaired) electrons. The van der Waals surface area contributed by atoms with Crippen LogP contribution in [-0.4, -0.2) is 38.3 Å². The fraction of sp³-hybridized carbons (Fsp3) is 0.727. The van der Waals surface area contributed by atoms with Gasteiger partial charge in [0, 0.05) is 13.0 Å². The number of hydrogen-bond acceptors (Lipinski definition) is 4. The number of aliphatic hydroxyl groups is 1. The molecule has 1 aliphatic rings. The van der Waals surface area contributed by atoms with Crippen LogP contribution in [0, 0.1) is 0 Å². The molecule has 0 spiro atoms. The first kappa shape index (κ1) is 12.0. The molecule has 1 fully saturated rings. The summed E-state index contributed by atoms with van der Waals surface area (Å²) in [5.41, 5.74) is -0.737. The van der Waals surface area contributed by atoms with E-state index in [1.54, 1.807) is 0 Å². The SMILES string of the molecule is CCc1nc(C(=O)NCC2(O)CCCC2)n[nH]1. The van der Waals surface area contributed by atoms with Crippen LogP contribution in [0.25, 0.3) is 0 Å². The molecule has 6 heteroatoms. The van der Waals surface area contributed by atoms with Crippen molar-refractivity contribution in [3.8, 4) is 0 Å². The highest BCUT2D eigenvalue weighted by molar-refractivity contribution is 5.90. The van der Waals surface area contributed by atoms with E-state index in [1.165, 1.54) is 0 Å². The monoisotopic (exact) mass is 238 g/mol. The lowest BCUT2D eigenvalue weighted by atomic mass is 10.0. The fourth-order valence-electron chi connectivity index (χ4n) is 2.09. The van der Waals surface area contributed by atoms with Crippen molar-refractivity contribution in [3.63, 3.8) is 0 Å². The van der Waals surface area contributed by atoms with Gasteiger partial charge in [-0.25, -0.2) is 4.98 Å². The summed E-state index contributed by atoms with van der Waals surface area (Å²) in [7, 11) is 0. The van der Waals surface area contributed by atoms with Crippen LogP contribution in [0.1, 0.15) is 49.1 Å². The molecular formula is C11H18N4O2. The molecule has 1 heterocycles. The molecule has 0 bridgehead atoms. The highest BCUT2D eigenvalue weighted by Gasteiger charge is 2.31. The number of aryl methyl sites for hydroxylation is 1. The van der Waals surface area contributed by atoms with Gasteiger partial charge in [0.25, 0.3) is 5.91 Å². The predicted octanol–water partition coefficient (Wildman–Crippen LogP) is 0.402. The lowest BCUT2D eigenvalue weighted by Crippen LogP contribution is -2.41. The van der Waals surface area contributed by atoms with E-state index in [-0.39, 0.29) is 18.3 Å². The van der Waals surface area contributed by atoms with E-state index >= 15 is 0 Å². The van der Waals surface area contributed by atoms with Gasteiger partial charge in [-0.1, -0.05) is 19.8 Å². The standard InChI is InChI=1S/C11H18N4O2/c1-2-8-13-9(15-14-8)10(16)12-7-11(17)5-3-4-6-11/h17H,2-7H2,1H3,(H,12,16)(H,13,14,15). The lowest BCUT2D eigenvalue weighted by Gasteiger charge is -2.21. The average molecular weight is 238 g/mol. The molecule has 1 amide bonds. The minimum absolute atomic E-state index is 0.142. The zero-order chi connectivity index (χ0) is 12.3. The normalized spacial score (nSPS) is 18.2. The molecule has 0 saturated heterocycles. The summed E-state index contributed by atoms with van der Waals surface area (Å²) in [6.45, 7) is 2.21. The van der Waals surface area contributed by atoms with Crippen molar-refractivity contribution in [3.05, 3.63) is 11.6 Å². The topological polar surface area (TPSA) is 90.9 Å². The zero-order valence-electron chi connectivity index (χ0n) is 9.99. The Morgan fingerprint density at radius 1 is 1.53 bits per heavy atom. The molecule has 0 atom stereocenters. The number of hydrogen-bond donors (Lipinski definition) is 3. The Balaban J connectivity index is 1.88. The van der Waals surface area contributed by atoms with E-state index < -0.39 is 5.60 Å². The number of rotatable bonds is 4. The van der Waals surface area contributed by atoms with E-state index in [0.29, 0.717) is 12.2 Å². The minimum atomic E-state index is -0.737. The Bertz CT molecular complexity index is 396. The summed E-state index contributed by atoms with van der Waals surface area (Å²) in [4.78, 5) is 15.7. The summed E-state index contributed by atoms with van der Waals surface area (Å²) in [5.74, 6) is 0.499. The Kier molecular flexibility index (Phi) is 3.42. The molecule has 0 aromatic carbocycles. The molecule has 6 nitrogen and oxygen atoms in total. The van der Waals surface area contributed by atoms with Crippen LogP contribution in [0.5, 0.6) is 0 Å². The van der Waals surface area contributed by atoms with Crippen molar-refractivity contribution in [2.45, 2.75) is 44.6 Å². The first-order chi connectivity index (χ1) is 8.13. The van der Waals surface area contributed by atoms with Crippen LogP contribution < -0.4 is 5.32 Å². The minimum Gasteiger partial charge on any atom is -0.388 e. The van der Waals surface area contributed by atoms with E-state index in [2.05, 4.69) is 20.5 Å². The highest BCUT2D eigenvalue weighted by atomic mass is 16.3. The van der Waals surface area contributed by atoms with Gasteiger partial charge in [0.1, 0.15) is 5.82 Å². The van der Waals surface area contributed by atoms with Crippen molar-refractivity contribution >= 4 is 5.91 Å². The Morgan fingerprint density at radius 3 is 2.82 bits per heavy atom. The molecule has 1 aliphatic carbocycles. The van der Waals surface area contributed by atoms with Gasteiger partial charge in [0.05, 0.1) is 5.60 Å². The molecule has 1 aromatic heterocycles. The second-order valence-electron chi connectivity index (χ2n) is 4.57. The van der Waals surface area contributed by atoms with Gasteiger partial charge in [0.2, 0.25) is 5.82 Å². The van der Waals surface area contributed by atoms with Crippen LogP contribution in [0.3, 0.4) is 0 Å². The molecule has 2 rings (SSSR count). The summed E-state index contributed by atoms with van der Waals surface area (Å²) in [5, 5.41) is 19.3. The third kappa shape index (κ3) is 2.82. The number of carbonyl (C=O) groups excluding carboxylic acids is 1. The number of H-pyrrole nitrogens is 1. The summed E-state index contributed by atoms with van der Waals surface area (Å²) in [6, 6.07) is 0. The number of nitrogens with zero attached hydrogens (tertiary/aromatic N) is 2. The van der Waals surface area contributed by atoms with Gasteiger partial charge in [-0.3, -0.25) is 9.89 Å². The van der Waals surface area contributed by atoms with Gasteiger partial charge >= 0.3 is 0 Å². The fourth-order valence-corrected chi connectivity index (χ4v) is 2.09. The molecule has 1 saturated carbocycles. The molecular weight excluding hydrogens is 220 g/mol. The largest absolute Gasteiger partial charge is 0.388 e. The van der Waals surface area contributed by atoms with Crippen molar-refractivity contribution in [2.24, 2.45) is 0 Å². The Morgan fingerprint density at radius 2 is 2.24 bits per heavy atom. The van der Waals surface area contributed by atoms with E-state index in [4.69, 9.17) is 0 Å². The van der Waals surface area contributed by atoms with Crippen LogP contribution in [0.4, 0.5) is 0 Å². The van der Waals surface area contributed by atoms with E-state index in [0.717, 1.165) is 25.7 Å². The maximum absolute atomic E-state index is 11.7. The van der Waals surface area contributed by atoms with Crippen molar-refractivity contribution in [2.75, 3.05) is 6.54 Å². The first-order valence-corrected chi connectivity index (χ1v) is 6.05.